The first-order valence-electron chi connectivity index (χ1n) is 12.0. The van der Waals surface area contributed by atoms with Gasteiger partial charge in [0.1, 0.15) is 5.52 Å². The molecule has 4 rings (SSSR count). The van der Waals surface area contributed by atoms with Crippen LogP contribution in [0.25, 0.3) is 16.6 Å². The van der Waals surface area contributed by atoms with Crippen LogP contribution >= 0.6 is 11.6 Å². The average molecular weight is 485 g/mol. The molecule has 0 aliphatic carbocycles. The SMILES string of the molecule is Cc1nnc(N2CCCC(C(=O)NCCCOC(C)C)C2)c2nn(-c3ccc(Cl)cc3)c(C)c12. The first-order valence-corrected chi connectivity index (χ1v) is 12.4. The average Bonchev–Trinajstić information content (AvgIpc) is 3.17. The number of aryl methyl sites for hydroxylation is 2. The fourth-order valence-electron chi connectivity index (χ4n) is 4.49. The highest BCUT2D eigenvalue weighted by molar-refractivity contribution is 6.30. The van der Waals surface area contributed by atoms with E-state index in [-0.39, 0.29) is 17.9 Å². The summed E-state index contributed by atoms with van der Waals surface area (Å²) in [5.41, 5.74) is 3.58. The molecular formula is C25H33ClN6O2. The number of halogens is 1. The van der Waals surface area contributed by atoms with E-state index in [1.165, 1.54) is 0 Å². The van der Waals surface area contributed by atoms with E-state index in [1.54, 1.807) is 0 Å². The lowest BCUT2D eigenvalue weighted by Crippen LogP contribution is -2.43. The Morgan fingerprint density at radius 3 is 2.74 bits per heavy atom. The Morgan fingerprint density at radius 2 is 2.00 bits per heavy atom. The molecule has 1 aliphatic heterocycles. The molecule has 182 valence electrons. The van der Waals surface area contributed by atoms with E-state index in [2.05, 4.69) is 20.4 Å². The number of hydrogen-bond acceptors (Lipinski definition) is 6. The van der Waals surface area contributed by atoms with Crippen LogP contribution in [0.1, 0.15) is 44.5 Å². The lowest BCUT2D eigenvalue weighted by atomic mass is 9.97. The van der Waals surface area contributed by atoms with E-state index < -0.39 is 0 Å². The van der Waals surface area contributed by atoms with Gasteiger partial charge in [0, 0.05) is 31.3 Å². The Bertz CT molecular complexity index is 1140. The molecule has 3 heterocycles. The molecule has 3 aromatic rings. The van der Waals surface area contributed by atoms with Gasteiger partial charge in [0.25, 0.3) is 0 Å². The Kier molecular flexibility index (Phi) is 7.68. The second kappa shape index (κ2) is 10.7. The number of ether oxygens (including phenoxy) is 1. The highest BCUT2D eigenvalue weighted by Crippen LogP contribution is 2.31. The zero-order chi connectivity index (χ0) is 24.2. The van der Waals surface area contributed by atoms with Crippen molar-refractivity contribution in [3.63, 3.8) is 0 Å². The fraction of sp³-hybridized carbons (Fsp3) is 0.520. The molecule has 0 radical (unpaired) electrons. The first-order chi connectivity index (χ1) is 16.3. The number of hydrogen-bond donors (Lipinski definition) is 1. The quantitative estimate of drug-likeness (QED) is 0.481. The van der Waals surface area contributed by atoms with Gasteiger partial charge in [0.15, 0.2) is 5.82 Å². The van der Waals surface area contributed by atoms with Crippen LogP contribution in [0.4, 0.5) is 5.82 Å². The second-order valence-electron chi connectivity index (χ2n) is 9.16. The largest absolute Gasteiger partial charge is 0.379 e. The molecule has 34 heavy (non-hydrogen) atoms. The molecule has 0 spiro atoms. The number of aromatic nitrogens is 4. The predicted octanol–water partition coefficient (Wildman–Crippen LogP) is 4.23. The van der Waals surface area contributed by atoms with Crippen molar-refractivity contribution in [1.82, 2.24) is 25.3 Å². The number of amides is 1. The normalized spacial score (nSPS) is 16.4. The maximum absolute atomic E-state index is 12.8. The summed E-state index contributed by atoms with van der Waals surface area (Å²) < 4.78 is 7.46. The third kappa shape index (κ3) is 5.33. The summed E-state index contributed by atoms with van der Waals surface area (Å²) in [5.74, 6) is 0.741. The van der Waals surface area contributed by atoms with Crippen molar-refractivity contribution >= 4 is 34.2 Å². The molecule has 1 amide bonds. The monoisotopic (exact) mass is 484 g/mol. The Balaban J connectivity index is 1.52. The standard InChI is InChI=1S/C25H33ClN6O2/c1-16(2)34-14-6-12-27-25(33)19-7-5-13-31(15-19)24-23-22(17(3)28-29-24)18(4)32(30-23)21-10-8-20(26)9-11-21/h8-11,16,19H,5-7,12-15H2,1-4H3,(H,27,33). The minimum Gasteiger partial charge on any atom is -0.379 e. The van der Waals surface area contributed by atoms with E-state index in [9.17, 15) is 4.79 Å². The molecule has 1 aromatic carbocycles. The molecule has 9 heteroatoms. The summed E-state index contributed by atoms with van der Waals surface area (Å²) in [5, 5.41) is 18.6. The van der Waals surface area contributed by atoms with E-state index in [4.69, 9.17) is 21.4 Å². The van der Waals surface area contributed by atoms with Crippen molar-refractivity contribution in [2.45, 2.75) is 53.1 Å². The van der Waals surface area contributed by atoms with Gasteiger partial charge >= 0.3 is 0 Å². The number of anilines is 1. The Hall–Kier alpha value is -2.71. The summed E-state index contributed by atoms with van der Waals surface area (Å²) in [6.07, 6.45) is 2.81. The van der Waals surface area contributed by atoms with Crippen LogP contribution < -0.4 is 10.2 Å². The predicted molar refractivity (Wildman–Crippen MR) is 135 cm³/mol. The van der Waals surface area contributed by atoms with E-state index in [0.29, 0.717) is 24.7 Å². The van der Waals surface area contributed by atoms with E-state index in [1.807, 2.05) is 56.6 Å². The second-order valence-corrected chi connectivity index (χ2v) is 9.59. The van der Waals surface area contributed by atoms with Crippen LogP contribution in [0, 0.1) is 19.8 Å². The maximum Gasteiger partial charge on any atom is 0.224 e. The topological polar surface area (TPSA) is 85.2 Å². The summed E-state index contributed by atoms with van der Waals surface area (Å²) in [4.78, 5) is 15.0. The van der Waals surface area contributed by atoms with Crippen molar-refractivity contribution in [2.75, 3.05) is 31.1 Å². The third-order valence-corrected chi connectivity index (χ3v) is 6.47. The lowest BCUT2D eigenvalue weighted by Gasteiger charge is -2.32. The van der Waals surface area contributed by atoms with Gasteiger partial charge in [-0.1, -0.05) is 11.6 Å². The first kappa shape index (κ1) is 24.4. The highest BCUT2D eigenvalue weighted by atomic mass is 35.5. The molecule has 2 aromatic heterocycles. The number of piperidine rings is 1. The molecule has 1 saturated heterocycles. The molecule has 0 bridgehead atoms. The van der Waals surface area contributed by atoms with E-state index >= 15 is 0 Å². The van der Waals surface area contributed by atoms with Gasteiger partial charge in [-0.2, -0.15) is 10.2 Å². The summed E-state index contributed by atoms with van der Waals surface area (Å²) in [7, 11) is 0. The minimum absolute atomic E-state index is 0.0858. The van der Waals surface area contributed by atoms with Gasteiger partial charge in [0.2, 0.25) is 5.91 Å². The third-order valence-electron chi connectivity index (χ3n) is 6.22. The summed E-state index contributed by atoms with van der Waals surface area (Å²) >= 11 is 6.07. The van der Waals surface area contributed by atoms with Crippen molar-refractivity contribution in [2.24, 2.45) is 5.92 Å². The molecule has 0 saturated carbocycles. The molecule has 1 unspecified atom stereocenters. The van der Waals surface area contributed by atoms with Crippen molar-refractivity contribution in [3.05, 3.63) is 40.7 Å². The van der Waals surface area contributed by atoms with Crippen molar-refractivity contribution in [1.29, 1.82) is 0 Å². The maximum atomic E-state index is 12.8. The highest BCUT2D eigenvalue weighted by Gasteiger charge is 2.29. The smallest absolute Gasteiger partial charge is 0.224 e. The molecule has 1 atom stereocenters. The lowest BCUT2D eigenvalue weighted by molar-refractivity contribution is -0.125. The number of benzene rings is 1. The van der Waals surface area contributed by atoms with Crippen LogP contribution in [-0.4, -0.2) is 58.2 Å². The number of nitrogens with zero attached hydrogens (tertiary/aromatic N) is 5. The van der Waals surface area contributed by atoms with Crippen LogP contribution in [-0.2, 0) is 9.53 Å². The van der Waals surface area contributed by atoms with E-state index in [0.717, 1.165) is 59.6 Å². The van der Waals surface area contributed by atoms with Gasteiger partial charge in [0.05, 0.1) is 34.5 Å². The van der Waals surface area contributed by atoms with Crippen LogP contribution in [0.3, 0.4) is 0 Å². The number of nitrogens with one attached hydrogen (secondary N) is 1. The van der Waals surface area contributed by atoms with Crippen molar-refractivity contribution < 1.29 is 9.53 Å². The van der Waals surface area contributed by atoms with Crippen molar-refractivity contribution in [3.8, 4) is 5.69 Å². The van der Waals surface area contributed by atoms with Gasteiger partial charge < -0.3 is 15.0 Å². The number of carbonyl (C=O) groups is 1. The zero-order valence-electron chi connectivity index (χ0n) is 20.3. The summed E-state index contributed by atoms with van der Waals surface area (Å²) in [6, 6.07) is 7.61. The molecular weight excluding hydrogens is 452 g/mol. The Morgan fingerprint density at radius 1 is 1.24 bits per heavy atom. The van der Waals surface area contributed by atoms with Crippen LogP contribution in [0.5, 0.6) is 0 Å². The van der Waals surface area contributed by atoms with Gasteiger partial charge in [-0.3, -0.25) is 4.79 Å². The van der Waals surface area contributed by atoms with Gasteiger partial charge in [-0.25, -0.2) is 4.68 Å². The molecule has 1 aliphatic rings. The number of fused-ring (bicyclic) bond motifs is 1. The van der Waals surface area contributed by atoms with Gasteiger partial charge in [-0.05, 0) is 71.2 Å². The summed E-state index contributed by atoms with van der Waals surface area (Å²) in [6.45, 7) is 10.7. The number of rotatable bonds is 8. The van der Waals surface area contributed by atoms with Gasteiger partial charge in [-0.15, -0.1) is 5.10 Å². The molecule has 8 nitrogen and oxygen atoms in total. The Labute approximate surface area is 205 Å². The van der Waals surface area contributed by atoms with Crippen LogP contribution in [0.2, 0.25) is 5.02 Å². The molecule has 1 fully saturated rings. The molecule has 1 N–H and O–H groups in total. The number of carbonyl (C=O) groups excluding carboxylic acids is 1. The zero-order valence-corrected chi connectivity index (χ0v) is 21.1. The van der Waals surface area contributed by atoms with Crippen LogP contribution in [0.15, 0.2) is 24.3 Å². The minimum atomic E-state index is -0.0858. The fourth-order valence-corrected chi connectivity index (χ4v) is 4.61.